The lowest BCUT2D eigenvalue weighted by atomic mass is 10.5. The predicted octanol–water partition coefficient (Wildman–Crippen LogP) is 2.47. The normalized spacial score (nSPS) is 13.7. The van der Waals surface area contributed by atoms with Gasteiger partial charge in [0.05, 0.1) is 0 Å². The van der Waals surface area contributed by atoms with E-state index in [0.29, 0.717) is 26.2 Å². The molecule has 0 amide bonds. The molecule has 112 valence electrons. The molecule has 0 aliphatic carbocycles. The van der Waals surface area contributed by atoms with Crippen LogP contribution < -0.4 is 0 Å². The maximum absolute atomic E-state index is 11.6. The van der Waals surface area contributed by atoms with Gasteiger partial charge in [0.25, 0.3) is 0 Å². The summed E-state index contributed by atoms with van der Waals surface area (Å²) in [7, 11) is -2.99. The monoisotopic (exact) mass is 290 g/mol. The van der Waals surface area contributed by atoms with Gasteiger partial charge in [0.1, 0.15) is 0 Å². The number of rotatable bonds is 10. The first-order chi connectivity index (χ1) is 9.10. The summed E-state index contributed by atoms with van der Waals surface area (Å²) < 4.78 is 22.6. The fraction of sp³-hybridized carbons (Fsp3) is 0.769. The second-order valence-electron chi connectivity index (χ2n) is 3.74. The van der Waals surface area contributed by atoms with Crippen LogP contribution in [0.4, 0.5) is 0 Å². The van der Waals surface area contributed by atoms with Crippen LogP contribution in [0.25, 0.3) is 0 Å². The van der Waals surface area contributed by atoms with Crippen molar-refractivity contribution in [1.29, 1.82) is 0 Å². The van der Waals surface area contributed by atoms with Gasteiger partial charge >= 0.3 is 14.8 Å². The molecule has 0 aromatic heterocycles. The van der Waals surface area contributed by atoms with E-state index in [0.717, 1.165) is 0 Å². The molecule has 6 heteroatoms. The minimum atomic E-state index is -2.99. The Kier molecular flexibility index (Phi) is 9.77. The third-order valence-electron chi connectivity index (χ3n) is 2.36. The Morgan fingerprint density at radius 3 is 1.84 bits per heavy atom. The van der Waals surface area contributed by atoms with Crippen LogP contribution in [-0.2, 0) is 22.8 Å². The van der Waals surface area contributed by atoms with Gasteiger partial charge in [0, 0.05) is 25.9 Å². The number of hydrogen-bond acceptors (Lipinski definition) is 5. The first kappa shape index (κ1) is 18.3. The number of esters is 1. The fourth-order valence-electron chi connectivity index (χ4n) is 1.73. The number of carbonyl (C=O) groups excluding carboxylic acids is 1. The highest BCUT2D eigenvalue weighted by Gasteiger charge is 2.51. The Bertz CT molecular complexity index is 263. The van der Waals surface area contributed by atoms with Crippen molar-refractivity contribution in [2.24, 2.45) is 0 Å². The summed E-state index contributed by atoms with van der Waals surface area (Å²) in [5.74, 6) is -0.398. The van der Waals surface area contributed by atoms with Gasteiger partial charge in [-0.05, 0) is 34.1 Å². The highest BCUT2D eigenvalue weighted by molar-refractivity contribution is 6.62. The van der Waals surface area contributed by atoms with Crippen molar-refractivity contribution in [3.05, 3.63) is 12.2 Å². The van der Waals surface area contributed by atoms with Crippen molar-refractivity contribution >= 4 is 14.8 Å². The first-order valence-corrected chi connectivity index (χ1v) is 8.65. The van der Waals surface area contributed by atoms with Crippen LogP contribution in [0.1, 0.15) is 41.0 Å². The van der Waals surface area contributed by atoms with Gasteiger partial charge < -0.3 is 18.0 Å². The number of allylic oxidation sites excluding steroid dienone is 1. The molecule has 0 aromatic carbocycles. The van der Waals surface area contributed by atoms with Gasteiger partial charge in [-0.1, -0.05) is 13.0 Å². The predicted molar refractivity (Wildman–Crippen MR) is 75.6 cm³/mol. The van der Waals surface area contributed by atoms with Crippen LogP contribution in [0.3, 0.4) is 0 Å². The molecule has 0 N–H and O–H groups in total. The van der Waals surface area contributed by atoms with E-state index in [1.54, 1.807) is 13.0 Å². The average Bonchev–Trinajstić information content (AvgIpc) is 2.37. The molecule has 0 bridgehead atoms. The minimum Gasteiger partial charge on any atom is -0.455 e. The molecule has 0 spiro atoms. The molecule has 1 unspecified atom stereocenters. The summed E-state index contributed by atoms with van der Waals surface area (Å²) in [6, 6.07) is 0. The molecular weight excluding hydrogens is 264 g/mol. The van der Waals surface area contributed by atoms with Gasteiger partial charge in [-0.3, -0.25) is 0 Å². The van der Waals surface area contributed by atoms with Crippen LogP contribution in [0, 0.1) is 0 Å². The Morgan fingerprint density at radius 1 is 1.05 bits per heavy atom. The zero-order chi connectivity index (χ0) is 14.7. The quantitative estimate of drug-likeness (QED) is 0.351. The minimum absolute atomic E-state index is 0.398. The van der Waals surface area contributed by atoms with E-state index in [2.05, 4.69) is 0 Å². The molecule has 0 aliphatic rings. The summed E-state index contributed by atoms with van der Waals surface area (Å²) in [6.45, 7) is 10.7. The van der Waals surface area contributed by atoms with Gasteiger partial charge in [-0.15, -0.1) is 0 Å². The van der Waals surface area contributed by atoms with E-state index in [1.165, 1.54) is 6.08 Å². The molecule has 1 atom stereocenters. The van der Waals surface area contributed by atoms with Crippen LogP contribution in [0.2, 0.25) is 0 Å². The van der Waals surface area contributed by atoms with E-state index < -0.39 is 20.5 Å². The van der Waals surface area contributed by atoms with Crippen LogP contribution in [0.15, 0.2) is 12.2 Å². The fourth-order valence-corrected chi connectivity index (χ4v) is 4.50. The standard InChI is InChI=1S/C13H26O5Si/c1-6-11-12(14)18-13(7-2)19(15-8-3,16-9-4)17-10-5/h6,11,13H,7-10H2,1-5H3. The van der Waals surface area contributed by atoms with E-state index >= 15 is 0 Å². The van der Waals surface area contributed by atoms with Crippen LogP contribution in [-0.4, -0.2) is 40.3 Å². The lowest BCUT2D eigenvalue weighted by Gasteiger charge is -2.33. The van der Waals surface area contributed by atoms with Gasteiger partial charge in [-0.25, -0.2) is 4.79 Å². The Morgan fingerprint density at radius 2 is 1.53 bits per heavy atom. The molecular formula is C13H26O5Si. The highest BCUT2D eigenvalue weighted by atomic mass is 28.4. The first-order valence-electron chi connectivity index (χ1n) is 6.85. The summed E-state index contributed by atoms with van der Waals surface area (Å²) in [6.07, 6.45) is 3.61. The van der Waals surface area contributed by atoms with Crippen molar-refractivity contribution in [1.82, 2.24) is 0 Å². The molecule has 5 nitrogen and oxygen atoms in total. The van der Waals surface area contributed by atoms with Crippen LogP contribution in [0.5, 0.6) is 0 Å². The van der Waals surface area contributed by atoms with Crippen molar-refractivity contribution in [3.8, 4) is 0 Å². The zero-order valence-electron chi connectivity index (χ0n) is 12.6. The Labute approximate surface area is 117 Å². The van der Waals surface area contributed by atoms with Gasteiger partial charge in [0.15, 0.2) is 5.73 Å². The third kappa shape index (κ3) is 5.86. The van der Waals surface area contributed by atoms with E-state index in [1.807, 2.05) is 27.7 Å². The summed E-state index contributed by atoms with van der Waals surface area (Å²) in [4.78, 5) is 11.6. The molecule has 0 aromatic rings. The second kappa shape index (κ2) is 10.1. The topological polar surface area (TPSA) is 54.0 Å². The van der Waals surface area contributed by atoms with E-state index in [-0.39, 0.29) is 0 Å². The summed E-state index contributed by atoms with van der Waals surface area (Å²) >= 11 is 0. The number of ether oxygens (including phenoxy) is 1. The molecule has 0 saturated heterocycles. The van der Waals surface area contributed by atoms with Crippen LogP contribution >= 0.6 is 0 Å². The number of carbonyl (C=O) groups is 1. The largest absolute Gasteiger partial charge is 0.544 e. The molecule has 0 radical (unpaired) electrons. The average molecular weight is 290 g/mol. The van der Waals surface area contributed by atoms with Gasteiger partial charge in [-0.2, -0.15) is 0 Å². The molecule has 0 fully saturated rings. The van der Waals surface area contributed by atoms with Gasteiger partial charge in [0.2, 0.25) is 0 Å². The molecule has 0 rings (SSSR count). The maximum atomic E-state index is 11.6. The highest BCUT2D eigenvalue weighted by Crippen LogP contribution is 2.21. The van der Waals surface area contributed by atoms with Crippen molar-refractivity contribution < 1.29 is 22.8 Å². The third-order valence-corrected chi connectivity index (χ3v) is 5.75. The molecule has 0 saturated carbocycles. The smallest absolute Gasteiger partial charge is 0.455 e. The van der Waals surface area contributed by atoms with Crippen molar-refractivity contribution in [2.45, 2.75) is 46.8 Å². The molecule has 0 aliphatic heterocycles. The van der Waals surface area contributed by atoms with E-state index in [4.69, 9.17) is 18.0 Å². The van der Waals surface area contributed by atoms with Crippen molar-refractivity contribution in [3.63, 3.8) is 0 Å². The van der Waals surface area contributed by atoms with E-state index in [9.17, 15) is 4.79 Å². The Balaban J connectivity index is 5.06. The maximum Gasteiger partial charge on any atom is 0.544 e. The molecule has 0 heterocycles. The summed E-state index contributed by atoms with van der Waals surface area (Å²) in [5.41, 5.74) is -0.476. The summed E-state index contributed by atoms with van der Waals surface area (Å²) in [5, 5.41) is 0. The molecule has 19 heavy (non-hydrogen) atoms. The number of hydrogen-bond donors (Lipinski definition) is 0. The second-order valence-corrected chi connectivity index (χ2v) is 6.45. The lowest BCUT2D eigenvalue weighted by molar-refractivity contribution is -0.143. The lowest BCUT2D eigenvalue weighted by Crippen LogP contribution is -2.57. The SMILES string of the molecule is CC=CC(=O)OC(CC)[Si](OCC)(OCC)OCC. The van der Waals surface area contributed by atoms with Crippen molar-refractivity contribution in [2.75, 3.05) is 19.8 Å². The Hall–Kier alpha value is -0.693. The zero-order valence-corrected chi connectivity index (χ0v) is 13.6.